The Hall–Kier alpha value is -1.91. The van der Waals surface area contributed by atoms with Crippen molar-refractivity contribution >= 4 is 5.82 Å². The largest absolute Gasteiger partial charge is 0.349 e. The summed E-state index contributed by atoms with van der Waals surface area (Å²) in [6.45, 7) is 1.07. The van der Waals surface area contributed by atoms with E-state index < -0.39 is 0 Å². The molecule has 1 saturated heterocycles. The van der Waals surface area contributed by atoms with Gasteiger partial charge in [0.25, 0.3) is 0 Å². The van der Waals surface area contributed by atoms with Gasteiger partial charge in [-0.05, 0) is 32.1 Å². The highest BCUT2D eigenvalue weighted by Crippen LogP contribution is 2.38. The van der Waals surface area contributed by atoms with Crippen LogP contribution < -0.4 is 4.90 Å². The standard InChI is InChI=1S/C17H23N5/c1-21-11-14(10-20-21)16-7-2-3-8-22(16)17-9-15(18-12-19-17)13-5-4-6-13/h9-13,16H,2-8H2,1H3. The van der Waals surface area contributed by atoms with E-state index in [1.54, 1.807) is 6.33 Å². The molecule has 1 unspecified atom stereocenters. The number of hydrogen-bond acceptors (Lipinski definition) is 4. The monoisotopic (exact) mass is 297 g/mol. The van der Waals surface area contributed by atoms with Gasteiger partial charge in [0.15, 0.2) is 0 Å². The minimum atomic E-state index is 0.395. The van der Waals surface area contributed by atoms with Gasteiger partial charge in [-0.15, -0.1) is 0 Å². The van der Waals surface area contributed by atoms with Crippen molar-refractivity contribution in [1.82, 2.24) is 19.7 Å². The number of anilines is 1. The highest BCUT2D eigenvalue weighted by molar-refractivity contribution is 5.43. The first kappa shape index (κ1) is 13.7. The van der Waals surface area contributed by atoms with Crippen molar-refractivity contribution in [2.75, 3.05) is 11.4 Å². The molecular formula is C17H23N5. The van der Waals surface area contributed by atoms with E-state index in [9.17, 15) is 0 Å². The van der Waals surface area contributed by atoms with Crippen LogP contribution in [0.3, 0.4) is 0 Å². The second kappa shape index (κ2) is 5.71. The summed E-state index contributed by atoms with van der Waals surface area (Å²) in [6, 6.07) is 2.62. The number of aryl methyl sites for hydroxylation is 1. The van der Waals surface area contributed by atoms with E-state index in [1.165, 1.54) is 49.8 Å². The summed E-state index contributed by atoms with van der Waals surface area (Å²) in [6.07, 6.45) is 13.5. The summed E-state index contributed by atoms with van der Waals surface area (Å²) < 4.78 is 1.89. The Morgan fingerprint density at radius 1 is 1.09 bits per heavy atom. The molecule has 0 aromatic carbocycles. The van der Waals surface area contributed by atoms with Gasteiger partial charge in [0.05, 0.1) is 12.2 Å². The summed E-state index contributed by atoms with van der Waals surface area (Å²) in [4.78, 5) is 11.5. The van der Waals surface area contributed by atoms with Crippen molar-refractivity contribution < 1.29 is 0 Å². The predicted molar refractivity (Wildman–Crippen MR) is 85.8 cm³/mol. The molecule has 0 bridgehead atoms. The van der Waals surface area contributed by atoms with Crippen LogP contribution in [0.2, 0.25) is 0 Å². The first-order valence-corrected chi connectivity index (χ1v) is 8.38. The Balaban J connectivity index is 1.63. The molecule has 2 aromatic heterocycles. The summed E-state index contributed by atoms with van der Waals surface area (Å²) in [5.41, 5.74) is 2.53. The van der Waals surface area contributed by atoms with E-state index >= 15 is 0 Å². The van der Waals surface area contributed by atoms with Gasteiger partial charge < -0.3 is 4.90 Å². The molecule has 1 aliphatic heterocycles. The molecule has 0 N–H and O–H groups in total. The van der Waals surface area contributed by atoms with Crippen molar-refractivity contribution in [1.29, 1.82) is 0 Å². The van der Waals surface area contributed by atoms with Crippen LogP contribution in [0, 0.1) is 0 Å². The van der Waals surface area contributed by atoms with Crippen LogP contribution >= 0.6 is 0 Å². The van der Waals surface area contributed by atoms with Crippen LogP contribution in [0.5, 0.6) is 0 Å². The Kier molecular flexibility index (Phi) is 3.56. The molecule has 4 rings (SSSR count). The molecule has 2 aromatic rings. The van der Waals surface area contributed by atoms with E-state index in [4.69, 9.17) is 0 Å². The van der Waals surface area contributed by atoms with Gasteiger partial charge in [0.2, 0.25) is 0 Å². The molecule has 1 atom stereocenters. The fourth-order valence-corrected chi connectivity index (χ4v) is 3.61. The van der Waals surface area contributed by atoms with Gasteiger partial charge in [-0.3, -0.25) is 4.68 Å². The van der Waals surface area contributed by atoms with Gasteiger partial charge >= 0.3 is 0 Å². The Morgan fingerprint density at radius 2 is 2.00 bits per heavy atom. The number of piperidine rings is 1. The number of aromatic nitrogens is 4. The fraction of sp³-hybridized carbons (Fsp3) is 0.588. The van der Waals surface area contributed by atoms with Crippen molar-refractivity contribution in [2.45, 2.75) is 50.5 Å². The van der Waals surface area contributed by atoms with Crippen LogP contribution in [0.1, 0.15) is 61.7 Å². The topological polar surface area (TPSA) is 46.8 Å². The zero-order valence-electron chi connectivity index (χ0n) is 13.1. The number of rotatable bonds is 3. The van der Waals surface area contributed by atoms with E-state index in [-0.39, 0.29) is 0 Å². The van der Waals surface area contributed by atoms with Gasteiger partial charge in [-0.2, -0.15) is 5.10 Å². The first-order chi connectivity index (χ1) is 10.8. The molecule has 0 amide bonds. The minimum Gasteiger partial charge on any atom is -0.349 e. The second-order valence-electron chi connectivity index (χ2n) is 6.58. The minimum absolute atomic E-state index is 0.395. The predicted octanol–water partition coefficient (Wildman–Crippen LogP) is 3.21. The third kappa shape index (κ3) is 2.49. The zero-order chi connectivity index (χ0) is 14.9. The smallest absolute Gasteiger partial charge is 0.132 e. The summed E-state index contributed by atoms with van der Waals surface area (Å²) >= 11 is 0. The SMILES string of the molecule is Cn1cc(C2CCCCN2c2cc(C3CCC3)ncn2)cn1. The normalized spacial score (nSPS) is 22.6. The average molecular weight is 297 g/mol. The lowest BCUT2D eigenvalue weighted by Gasteiger charge is -2.36. The number of hydrogen-bond donors (Lipinski definition) is 0. The third-order valence-electron chi connectivity index (χ3n) is 5.10. The van der Waals surface area contributed by atoms with Crippen LogP contribution in [0.15, 0.2) is 24.8 Å². The van der Waals surface area contributed by atoms with E-state index in [2.05, 4.69) is 32.2 Å². The molecule has 5 nitrogen and oxygen atoms in total. The molecule has 0 spiro atoms. The van der Waals surface area contributed by atoms with E-state index in [0.29, 0.717) is 12.0 Å². The maximum Gasteiger partial charge on any atom is 0.132 e. The summed E-state index contributed by atoms with van der Waals surface area (Å²) in [7, 11) is 1.98. The molecule has 2 aliphatic rings. The average Bonchev–Trinajstić information content (AvgIpc) is 2.92. The van der Waals surface area contributed by atoms with Gasteiger partial charge in [-0.1, -0.05) is 6.42 Å². The molecule has 1 aliphatic carbocycles. The quantitative estimate of drug-likeness (QED) is 0.873. The van der Waals surface area contributed by atoms with Crippen LogP contribution in [-0.4, -0.2) is 26.3 Å². The Bertz CT molecular complexity index is 646. The highest BCUT2D eigenvalue weighted by Gasteiger charge is 2.28. The van der Waals surface area contributed by atoms with Crippen molar-refractivity contribution in [3.05, 3.63) is 36.0 Å². The van der Waals surface area contributed by atoms with E-state index in [1.807, 2.05) is 17.9 Å². The zero-order valence-corrected chi connectivity index (χ0v) is 13.1. The summed E-state index contributed by atoms with van der Waals surface area (Å²) in [5.74, 6) is 1.74. The molecular weight excluding hydrogens is 274 g/mol. The molecule has 22 heavy (non-hydrogen) atoms. The van der Waals surface area contributed by atoms with Gasteiger partial charge in [-0.25, -0.2) is 9.97 Å². The molecule has 1 saturated carbocycles. The van der Waals surface area contributed by atoms with Gasteiger partial charge in [0, 0.05) is 43.0 Å². The lowest BCUT2D eigenvalue weighted by Crippen LogP contribution is -2.34. The first-order valence-electron chi connectivity index (χ1n) is 8.38. The van der Waals surface area contributed by atoms with Gasteiger partial charge in [0.1, 0.15) is 12.1 Å². The lowest BCUT2D eigenvalue weighted by molar-refractivity contribution is 0.409. The second-order valence-corrected chi connectivity index (χ2v) is 6.58. The molecule has 5 heteroatoms. The van der Waals surface area contributed by atoms with E-state index in [0.717, 1.165) is 12.4 Å². The summed E-state index contributed by atoms with van der Waals surface area (Å²) in [5, 5.41) is 4.35. The van der Waals surface area contributed by atoms with Crippen molar-refractivity contribution in [3.63, 3.8) is 0 Å². The molecule has 2 fully saturated rings. The van der Waals surface area contributed by atoms with Crippen LogP contribution in [0.4, 0.5) is 5.82 Å². The molecule has 0 radical (unpaired) electrons. The molecule has 116 valence electrons. The highest BCUT2D eigenvalue weighted by atomic mass is 15.3. The van der Waals surface area contributed by atoms with Crippen molar-refractivity contribution in [3.8, 4) is 0 Å². The third-order valence-corrected chi connectivity index (χ3v) is 5.10. The maximum absolute atomic E-state index is 4.57. The fourth-order valence-electron chi connectivity index (χ4n) is 3.61. The molecule has 3 heterocycles. The maximum atomic E-state index is 4.57. The Morgan fingerprint density at radius 3 is 2.73 bits per heavy atom. The number of nitrogens with zero attached hydrogens (tertiary/aromatic N) is 5. The Labute approximate surface area is 131 Å². The lowest BCUT2D eigenvalue weighted by atomic mass is 9.83. The van der Waals surface area contributed by atoms with Crippen molar-refractivity contribution in [2.24, 2.45) is 7.05 Å². The van der Waals surface area contributed by atoms with Crippen LogP contribution in [-0.2, 0) is 7.05 Å². The van der Waals surface area contributed by atoms with Crippen LogP contribution in [0.25, 0.3) is 0 Å².